The Morgan fingerprint density at radius 2 is 3.00 bits per heavy atom. The van der Waals surface area contributed by atoms with Crippen LogP contribution in [0.25, 0.3) is 0 Å². The second-order valence-electron chi connectivity index (χ2n) is 1.35. The maximum Gasteiger partial charge on any atom is 0.100 e. The van der Waals surface area contributed by atoms with Crippen LogP contribution in [-0.2, 0) is 0 Å². The summed E-state index contributed by atoms with van der Waals surface area (Å²) in [6.45, 7) is 1.87. The van der Waals surface area contributed by atoms with Gasteiger partial charge in [-0.15, -0.1) is 5.44 Å². The number of hydrogen-bond acceptors (Lipinski definition) is 1. The molecule has 1 heterocycles. The SMILES string of the molecule is [3H][P-]c1cnc(C)[nH]1. The lowest BCUT2D eigenvalue weighted by molar-refractivity contribution is 1.16. The van der Waals surface area contributed by atoms with Crippen molar-refractivity contribution in [1.29, 1.82) is 1.28 Å². The number of imidazole rings is 1. The zero-order valence-corrected chi connectivity index (χ0v) is 4.87. The van der Waals surface area contributed by atoms with E-state index in [0.29, 0.717) is 9.18 Å². The van der Waals surface area contributed by atoms with E-state index in [4.69, 9.17) is 1.28 Å². The van der Waals surface area contributed by atoms with Crippen molar-refractivity contribution in [2.24, 2.45) is 0 Å². The fraction of sp³-hybridized carbons (Fsp3) is 0.250. The number of hydrogen-bond donors (Lipinski definition) is 1. The number of aryl methyl sites for hydroxylation is 1. The van der Waals surface area contributed by atoms with Crippen LogP contribution in [0.1, 0.15) is 5.82 Å². The van der Waals surface area contributed by atoms with E-state index in [9.17, 15) is 0 Å². The van der Waals surface area contributed by atoms with Crippen LogP contribution in [0.15, 0.2) is 6.20 Å². The molecule has 1 rings (SSSR count). The Labute approximate surface area is 45.8 Å². The molecular formula is C4H6N2P-. The standard InChI is InChI=1S/C4H6N2P/c1-3-5-2-4(7)6-3/h2,7H,1H3,(H,5,6)/q-1/i7T. The molecule has 0 aliphatic rings. The average Bonchev–Trinajstić information content (AvgIpc) is 2.14. The molecular weight excluding hydrogens is 107 g/mol. The van der Waals surface area contributed by atoms with Crippen LogP contribution >= 0.6 is 9.18 Å². The van der Waals surface area contributed by atoms with E-state index in [0.717, 1.165) is 11.3 Å². The van der Waals surface area contributed by atoms with Gasteiger partial charge in [0.25, 0.3) is 0 Å². The highest BCUT2D eigenvalue weighted by Gasteiger charge is 1.77. The highest BCUT2D eigenvalue weighted by Crippen LogP contribution is 1.84. The van der Waals surface area contributed by atoms with E-state index >= 15 is 0 Å². The summed E-state index contributed by atoms with van der Waals surface area (Å²) < 4.78 is 6.86. The summed E-state index contributed by atoms with van der Waals surface area (Å²) in [5.41, 5.74) is 0.850. The topological polar surface area (TPSA) is 28.7 Å². The molecule has 0 aliphatic heterocycles. The number of nitrogens with zero attached hydrogens (tertiary/aromatic N) is 1. The van der Waals surface area contributed by atoms with Crippen LogP contribution in [-0.4, -0.2) is 11.2 Å². The fourth-order valence-corrected chi connectivity index (χ4v) is 0.627. The van der Waals surface area contributed by atoms with E-state index in [1.165, 1.54) is 0 Å². The van der Waals surface area contributed by atoms with Gasteiger partial charge < -0.3 is 14.2 Å². The highest BCUT2D eigenvalue weighted by molar-refractivity contribution is 7.26. The van der Waals surface area contributed by atoms with Gasteiger partial charge in [0.15, 0.2) is 0 Å². The van der Waals surface area contributed by atoms with Gasteiger partial charge in [-0.3, -0.25) is 0 Å². The Bertz CT molecular complexity index is 174. The van der Waals surface area contributed by atoms with Crippen LogP contribution in [0.4, 0.5) is 0 Å². The number of aromatic nitrogens is 2. The van der Waals surface area contributed by atoms with Gasteiger partial charge in [0, 0.05) is 6.20 Å². The lowest BCUT2D eigenvalue weighted by Gasteiger charge is -1.86. The monoisotopic (exact) mass is 115 g/mol. The van der Waals surface area contributed by atoms with Gasteiger partial charge in [-0.25, -0.2) is 6.26 Å². The average molecular weight is 115 g/mol. The highest BCUT2D eigenvalue weighted by atomic mass is 31.0. The zero-order valence-electron chi connectivity index (χ0n) is 4.97. The van der Waals surface area contributed by atoms with Crippen molar-refractivity contribution in [3.8, 4) is 0 Å². The molecule has 0 aliphatic carbocycles. The second-order valence-corrected chi connectivity index (χ2v) is 1.84. The first-order valence-electron chi connectivity index (χ1n) is 2.44. The van der Waals surface area contributed by atoms with Crippen molar-refractivity contribution < 1.29 is 0 Å². The molecule has 0 radical (unpaired) electrons. The van der Waals surface area contributed by atoms with Gasteiger partial charge in [0.2, 0.25) is 0 Å². The second kappa shape index (κ2) is 1.63. The van der Waals surface area contributed by atoms with Crippen molar-refractivity contribution in [2.75, 3.05) is 0 Å². The molecule has 1 N–H and O–H groups in total. The van der Waals surface area contributed by atoms with Crippen molar-refractivity contribution >= 4 is 14.6 Å². The Morgan fingerprint density at radius 1 is 2.14 bits per heavy atom. The van der Waals surface area contributed by atoms with Gasteiger partial charge in [0.05, 0.1) is 0 Å². The molecule has 0 saturated heterocycles. The Hall–Kier alpha value is -0.360. The van der Waals surface area contributed by atoms with Crippen molar-refractivity contribution in [1.82, 2.24) is 9.97 Å². The van der Waals surface area contributed by atoms with Crippen LogP contribution in [0.3, 0.4) is 0 Å². The molecule has 0 saturated carbocycles. The fourth-order valence-electron chi connectivity index (χ4n) is 0.408. The molecule has 0 amide bonds. The first-order chi connectivity index (χ1) is 3.83. The summed E-state index contributed by atoms with van der Waals surface area (Å²) in [5.74, 6) is 0.875. The maximum absolute atomic E-state index is 6.86. The molecule has 2 nitrogen and oxygen atoms in total. The minimum Gasteiger partial charge on any atom is -0.504 e. The van der Waals surface area contributed by atoms with E-state index in [-0.39, 0.29) is 0 Å². The summed E-state index contributed by atoms with van der Waals surface area (Å²) >= 11 is 0. The Balaban J connectivity index is 2.84. The summed E-state index contributed by atoms with van der Waals surface area (Å²) in [5, 5.41) is 0. The minimum absolute atomic E-state index is 0.502. The predicted octanol–water partition coefficient (Wildman–Crippen LogP) is 0.486. The van der Waals surface area contributed by atoms with Crippen LogP contribution in [0.5, 0.6) is 0 Å². The lowest BCUT2D eigenvalue weighted by Crippen LogP contribution is -1.86. The molecule has 0 bridgehead atoms. The predicted molar refractivity (Wildman–Crippen MR) is 31.3 cm³/mol. The number of rotatable bonds is 1. The lowest BCUT2D eigenvalue weighted by atomic mass is 10.8. The molecule has 1 aromatic heterocycles. The molecule has 3 heteroatoms. The van der Waals surface area contributed by atoms with E-state index in [1.54, 1.807) is 6.20 Å². The number of nitrogens with one attached hydrogen (secondary N) is 1. The van der Waals surface area contributed by atoms with Crippen molar-refractivity contribution in [3.63, 3.8) is 0 Å². The summed E-state index contributed by atoms with van der Waals surface area (Å²) in [6.07, 6.45) is 1.67. The van der Waals surface area contributed by atoms with Crippen LogP contribution < -0.4 is 5.44 Å². The largest absolute Gasteiger partial charge is 0.504 e. The Kier molecular flexibility index (Phi) is 0.841. The van der Waals surface area contributed by atoms with Gasteiger partial charge in [-0.05, 0) is 6.92 Å². The number of H-pyrrole nitrogens is 1. The molecule has 7 heavy (non-hydrogen) atoms. The summed E-state index contributed by atoms with van der Waals surface area (Å²) in [7, 11) is 0.502. The molecule has 38 valence electrons. The first-order valence-corrected chi connectivity index (χ1v) is 2.44. The third-order valence-electron chi connectivity index (χ3n) is 0.689. The van der Waals surface area contributed by atoms with Crippen LogP contribution in [0.2, 0.25) is 0 Å². The molecule has 1 aromatic rings. The zero-order chi connectivity index (χ0) is 5.98. The third-order valence-corrected chi connectivity index (χ3v) is 0.917. The van der Waals surface area contributed by atoms with Gasteiger partial charge in [0.1, 0.15) is 5.82 Å². The van der Waals surface area contributed by atoms with E-state index in [1.807, 2.05) is 6.92 Å². The minimum atomic E-state index is 0.502. The van der Waals surface area contributed by atoms with Gasteiger partial charge >= 0.3 is 0 Å². The summed E-state index contributed by atoms with van der Waals surface area (Å²) in [6, 6.07) is 0. The smallest absolute Gasteiger partial charge is 0.100 e. The van der Waals surface area contributed by atoms with Gasteiger partial charge in [-0.2, -0.15) is 0 Å². The van der Waals surface area contributed by atoms with E-state index < -0.39 is 0 Å². The van der Waals surface area contributed by atoms with Crippen molar-refractivity contribution in [2.45, 2.75) is 6.92 Å². The quantitative estimate of drug-likeness (QED) is 0.530. The molecule has 0 atom stereocenters. The van der Waals surface area contributed by atoms with E-state index in [2.05, 4.69) is 9.97 Å². The molecule has 0 unspecified atom stereocenters. The molecule has 0 spiro atoms. The van der Waals surface area contributed by atoms with Crippen molar-refractivity contribution in [3.05, 3.63) is 12.0 Å². The molecule has 0 aromatic carbocycles. The van der Waals surface area contributed by atoms with Gasteiger partial charge in [-0.1, -0.05) is 0 Å². The number of aromatic amines is 1. The molecule has 0 fully saturated rings. The van der Waals surface area contributed by atoms with Crippen LogP contribution in [0, 0.1) is 6.92 Å². The maximum atomic E-state index is 6.86. The summed E-state index contributed by atoms with van der Waals surface area (Å²) in [4.78, 5) is 6.82. The Morgan fingerprint density at radius 3 is 3.29 bits per heavy atom. The first kappa shape index (κ1) is 3.62. The third kappa shape index (κ3) is 1.00. The normalized spacial score (nSPS) is 13.0.